The molecule has 0 fully saturated rings. The smallest absolute Gasteiger partial charge is 0.272 e. The Hall–Kier alpha value is -1.94. The number of rotatable bonds is 6. The highest BCUT2D eigenvalue weighted by molar-refractivity contribution is 7.89. The van der Waals surface area contributed by atoms with Gasteiger partial charge in [0.05, 0.1) is 0 Å². The highest BCUT2D eigenvalue weighted by Crippen LogP contribution is 2.27. The largest absolute Gasteiger partial charge is 0.433 e. The maximum atomic E-state index is 12.4. The monoisotopic (exact) mass is 348 g/mol. The average Bonchev–Trinajstić information content (AvgIpc) is 2.97. The lowest BCUT2D eigenvalue weighted by Crippen LogP contribution is -2.30. The van der Waals surface area contributed by atoms with E-state index in [2.05, 4.69) is 14.8 Å². The van der Waals surface area contributed by atoms with Crippen molar-refractivity contribution in [1.29, 1.82) is 0 Å². The van der Waals surface area contributed by atoms with Gasteiger partial charge in [0.1, 0.15) is 10.6 Å². The molecule has 0 spiro atoms. The van der Waals surface area contributed by atoms with Crippen molar-refractivity contribution in [3.05, 3.63) is 42.5 Å². The van der Waals surface area contributed by atoms with Crippen LogP contribution in [-0.4, -0.2) is 29.7 Å². The minimum absolute atomic E-state index is 0.0490. The summed E-state index contributed by atoms with van der Waals surface area (Å²) in [4.78, 5) is 2.84. The van der Waals surface area contributed by atoms with E-state index in [4.69, 9.17) is 0 Å². The molecule has 2 heterocycles. The summed E-state index contributed by atoms with van der Waals surface area (Å²) in [6.07, 6.45) is -0.535. The molecule has 0 radical (unpaired) electrons. The summed E-state index contributed by atoms with van der Waals surface area (Å²) in [5.41, 5.74) is -1.14. The SMILES string of the molecule is C[C@@H](CNS(=O)(=O)c1ccc(C(F)(F)F)nc1)Cn1cccn1. The number of aromatic nitrogens is 3. The summed E-state index contributed by atoms with van der Waals surface area (Å²) in [6.45, 7) is 2.47. The number of sulfonamides is 1. The molecular weight excluding hydrogens is 333 g/mol. The predicted octanol–water partition coefficient (Wildman–Crippen LogP) is 1.91. The van der Waals surface area contributed by atoms with Gasteiger partial charge < -0.3 is 0 Å². The summed E-state index contributed by atoms with van der Waals surface area (Å²) >= 11 is 0. The Labute approximate surface area is 131 Å². The Morgan fingerprint density at radius 1 is 1.35 bits per heavy atom. The minimum atomic E-state index is -4.60. The third-order valence-electron chi connectivity index (χ3n) is 3.02. The molecule has 1 N–H and O–H groups in total. The molecule has 0 aromatic carbocycles. The first-order chi connectivity index (χ1) is 10.7. The van der Waals surface area contributed by atoms with Gasteiger partial charge in [0.2, 0.25) is 10.0 Å². The van der Waals surface area contributed by atoms with Crippen molar-refractivity contribution in [2.45, 2.75) is 24.5 Å². The van der Waals surface area contributed by atoms with Crippen molar-refractivity contribution in [2.24, 2.45) is 5.92 Å². The number of pyridine rings is 1. The number of halogens is 3. The lowest BCUT2D eigenvalue weighted by molar-refractivity contribution is -0.141. The predicted molar refractivity (Wildman–Crippen MR) is 75.8 cm³/mol. The van der Waals surface area contributed by atoms with Gasteiger partial charge in [0, 0.05) is 31.7 Å². The first-order valence-corrected chi connectivity index (χ1v) is 8.17. The maximum Gasteiger partial charge on any atom is 0.433 e. The molecule has 2 aromatic rings. The normalized spacial score (nSPS) is 13.9. The van der Waals surface area contributed by atoms with Crippen molar-refractivity contribution in [1.82, 2.24) is 19.5 Å². The van der Waals surface area contributed by atoms with E-state index in [-0.39, 0.29) is 17.4 Å². The van der Waals surface area contributed by atoms with E-state index in [1.165, 1.54) is 0 Å². The Bertz CT molecular complexity index is 728. The van der Waals surface area contributed by atoms with Crippen molar-refractivity contribution in [2.75, 3.05) is 6.54 Å². The van der Waals surface area contributed by atoms with E-state index in [0.29, 0.717) is 18.8 Å². The van der Waals surface area contributed by atoms with Crippen LogP contribution in [0.4, 0.5) is 13.2 Å². The highest BCUT2D eigenvalue weighted by atomic mass is 32.2. The van der Waals surface area contributed by atoms with Crippen LogP contribution in [0.1, 0.15) is 12.6 Å². The van der Waals surface area contributed by atoms with Crippen LogP contribution in [0.15, 0.2) is 41.7 Å². The second kappa shape index (κ2) is 6.67. The molecule has 0 aliphatic rings. The van der Waals surface area contributed by atoms with Crippen LogP contribution >= 0.6 is 0 Å². The van der Waals surface area contributed by atoms with Crippen LogP contribution in [0.5, 0.6) is 0 Å². The second-order valence-corrected chi connectivity index (χ2v) is 6.83. The molecule has 10 heteroatoms. The molecular formula is C13H15F3N4O2S. The van der Waals surface area contributed by atoms with Gasteiger partial charge in [0.15, 0.2) is 0 Å². The van der Waals surface area contributed by atoms with Crippen molar-refractivity contribution >= 4 is 10.0 Å². The van der Waals surface area contributed by atoms with Gasteiger partial charge in [-0.1, -0.05) is 6.92 Å². The Morgan fingerprint density at radius 2 is 2.09 bits per heavy atom. The first-order valence-electron chi connectivity index (χ1n) is 6.69. The van der Waals surface area contributed by atoms with Crippen molar-refractivity contribution in [3.8, 4) is 0 Å². The van der Waals surface area contributed by atoms with Gasteiger partial charge in [-0.25, -0.2) is 13.1 Å². The molecule has 0 aliphatic carbocycles. The average molecular weight is 348 g/mol. The maximum absolute atomic E-state index is 12.4. The van der Waals surface area contributed by atoms with E-state index in [1.807, 2.05) is 6.92 Å². The lowest BCUT2D eigenvalue weighted by Gasteiger charge is -2.13. The molecule has 0 aliphatic heterocycles. The third-order valence-corrected chi connectivity index (χ3v) is 4.43. The van der Waals surface area contributed by atoms with Gasteiger partial charge in [0.25, 0.3) is 0 Å². The quantitative estimate of drug-likeness (QED) is 0.865. The molecule has 0 amide bonds. The molecule has 0 bridgehead atoms. The summed E-state index contributed by atoms with van der Waals surface area (Å²) in [5.74, 6) is -0.0490. The standard InChI is InChI=1S/C13H15F3N4O2S/c1-10(9-20-6-2-5-18-20)7-19-23(21,22)11-3-4-12(17-8-11)13(14,15)16/h2-6,8,10,19H,7,9H2,1H3/t10-/m0/s1. The van der Waals surface area contributed by atoms with Gasteiger partial charge in [-0.2, -0.15) is 18.3 Å². The molecule has 6 nitrogen and oxygen atoms in total. The zero-order chi connectivity index (χ0) is 17.1. The molecule has 2 aromatic heterocycles. The van der Waals surface area contributed by atoms with Crippen LogP contribution in [0, 0.1) is 5.92 Å². The Kier molecular flexibility index (Phi) is 5.05. The van der Waals surface area contributed by atoms with Gasteiger partial charge in [-0.3, -0.25) is 9.67 Å². The number of alkyl halides is 3. The van der Waals surface area contributed by atoms with Crippen LogP contribution < -0.4 is 4.72 Å². The fourth-order valence-electron chi connectivity index (χ4n) is 1.83. The molecule has 0 unspecified atom stereocenters. The number of hydrogen-bond acceptors (Lipinski definition) is 4. The fourth-order valence-corrected chi connectivity index (χ4v) is 2.94. The summed E-state index contributed by atoms with van der Waals surface area (Å²) in [5, 5.41) is 4.01. The first kappa shape index (κ1) is 17.4. The van der Waals surface area contributed by atoms with E-state index in [9.17, 15) is 21.6 Å². The number of nitrogens with zero attached hydrogens (tertiary/aromatic N) is 3. The van der Waals surface area contributed by atoms with Crippen LogP contribution in [-0.2, 0) is 22.7 Å². The Balaban J connectivity index is 1.98. The van der Waals surface area contributed by atoms with Gasteiger partial charge in [-0.15, -0.1) is 0 Å². The van der Waals surface area contributed by atoms with Crippen LogP contribution in [0.3, 0.4) is 0 Å². The van der Waals surface area contributed by atoms with Crippen molar-refractivity contribution in [3.63, 3.8) is 0 Å². The molecule has 0 saturated carbocycles. The van der Waals surface area contributed by atoms with Gasteiger partial charge in [-0.05, 0) is 24.1 Å². The Morgan fingerprint density at radius 3 is 2.61 bits per heavy atom. The minimum Gasteiger partial charge on any atom is -0.272 e. The molecule has 23 heavy (non-hydrogen) atoms. The third kappa shape index (κ3) is 4.76. The molecule has 1 atom stereocenters. The van der Waals surface area contributed by atoms with Crippen molar-refractivity contribution < 1.29 is 21.6 Å². The second-order valence-electron chi connectivity index (χ2n) is 5.06. The summed E-state index contributed by atoms with van der Waals surface area (Å²) in [6, 6.07) is 3.28. The number of nitrogens with one attached hydrogen (secondary N) is 1. The van der Waals surface area contributed by atoms with Gasteiger partial charge >= 0.3 is 6.18 Å². The van der Waals surface area contributed by atoms with Crippen LogP contribution in [0.25, 0.3) is 0 Å². The summed E-state index contributed by atoms with van der Waals surface area (Å²) < 4.78 is 65.4. The molecule has 2 rings (SSSR count). The van der Waals surface area contributed by atoms with E-state index >= 15 is 0 Å². The van der Waals surface area contributed by atoms with Crippen LogP contribution in [0.2, 0.25) is 0 Å². The zero-order valence-corrected chi connectivity index (χ0v) is 13.0. The zero-order valence-electron chi connectivity index (χ0n) is 12.2. The van der Waals surface area contributed by atoms with E-state index in [1.54, 1.807) is 23.1 Å². The summed E-state index contributed by atoms with van der Waals surface area (Å²) in [7, 11) is -3.91. The topological polar surface area (TPSA) is 76.9 Å². The highest BCUT2D eigenvalue weighted by Gasteiger charge is 2.32. The number of hydrogen-bond donors (Lipinski definition) is 1. The van der Waals surface area contributed by atoms with E-state index in [0.717, 1.165) is 6.07 Å². The lowest BCUT2D eigenvalue weighted by atomic mass is 10.2. The van der Waals surface area contributed by atoms with E-state index < -0.39 is 21.9 Å². The molecule has 0 saturated heterocycles. The molecule has 126 valence electrons. The fraction of sp³-hybridized carbons (Fsp3) is 0.385.